The van der Waals surface area contributed by atoms with E-state index in [1.165, 1.54) is 0 Å². The number of furan rings is 4. The number of nitrogens with zero attached hydrogens (tertiary/aromatic N) is 12. The van der Waals surface area contributed by atoms with E-state index < -0.39 is 0 Å². The molecule has 0 saturated carbocycles. The van der Waals surface area contributed by atoms with E-state index in [1.54, 1.807) is 12.4 Å². The van der Waals surface area contributed by atoms with E-state index in [-0.39, 0.29) is 42.1 Å². The van der Waals surface area contributed by atoms with Crippen molar-refractivity contribution in [3.8, 4) is 34.6 Å². The number of hydrogen-bond donors (Lipinski definition) is 0. The zero-order valence-electron chi connectivity index (χ0n) is 52.5. The van der Waals surface area contributed by atoms with Crippen LogP contribution in [0.15, 0.2) is 249 Å². The standard InChI is InChI=1S/2C40H23N6O3.2Pt/c1-43-16-17-44(23-43)24-18-29-28-22-35-27(26-8-2-5-11-34(26)48-35)21-36(28)49-39(29)37(19-24)47-25-13-14-32-33(20-25)46(38-12-6-7-15-41-38)40-42-30-9-3-4-10-31(30)45(32)40;1-43-16-17-44(23-43)24-18-29-28-21-27-26-8-2-5-11-34(26)48-35(27)22-36(28)49-39(29)37(19-24)47-25-13-14-32-33(20-25)46(38-12-6-7-15-41-38)40-42-30-9-3-4-10-31(30)45(32)40;;/h2*2-18,21-23H,1H3;;/q2*-3;;. The Bertz CT molecular complexity index is 6590. The number of para-hydroxylation sites is 6. The van der Waals surface area contributed by atoms with Gasteiger partial charge in [-0.3, -0.25) is 9.13 Å². The number of pyridine rings is 2. The van der Waals surface area contributed by atoms with Gasteiger partial charge in [0.15, 0.2) is 0 Å². The van der Waals surface area contributed by atoms with Crippen molar-refractivity contribution in [3.05, 3.63) is 269 Å². The summed E-state index contributed by atoms with van der Waals surface area (Å²) in [4.78, 5) is 27.3. The smallest absolute Gasteiger partial charge is 0.208 e. The minimum atomic E-state index is 0. The molecule has 0 spiro atoms. The summed E-state index contributed by atoms with van der Waals surface area (Å²) in [6, 6.07) is 78.3. The van der Waals surface area contributed by atoms with Crippen molar-refractivity contribution in [2.24, 2.45) is 0 Å². The third kappa shape index (κ3) is 9.17. The SMILES string of the molecule is CN1C=CN(c2[c-]c(Oc3[c-]c4c(cc3)n3c5ccccc5nc3n4-c3ccccn3)c3oc4cc5c(cc4c3c2)oc2ccccc25)[CH-]1.CN1C=CN(c2[c-]c(Oc3[c-]c4c(cc3)n3c5ccccc5nc3n4-c3ccccn3)c3oc4cc5oc6ccccc6c5cc4c3c2)[CH-]1.[Pt].[Pt]. The summed E-state index contributed by atoms with van der Waals surface area (Å²) < 4.78 is 47.2. The van der Waals surface area contributed by atoms with Gasteiger partial charge in [0.05, 0.1) is 44.7 Å². The molecule has 10 aromatic carbocycles. The molecule has 20 aromatic rings. The maximum absolute atomic E-state index is 6.69. The van der Waals surface area contributed by atoms with Gasteiger partial charge in [-0.1, -0.05) is 83.6 Å². The molecule has 0 aliphatic carbocycles. The topological polar surface area (TPSA) is 154 Å². The van der Waals surface area contributed by atoms with Crippen molar-refractivity contribution < 1.29 is 69.3 Å². The molecule has 0 atom stereocenters. The second-order valence-corrected chi connectivity index (χ2v) is 24.4. The number of rotatable bonds is 8. The Morgan fingerprint density at radius 1 is 0.370 bits per heavy atom. The Morgan fingerprint density at radius 3 is 1.29 bits per heavy atom. The molecule has 18 nitrogen and oxygen atoms in total. The molecule has 0 bridgehead atoms. The number of hydrogen-bond acceptors (Lipinski definition) is 14. The molecule has 100 heavy (non-hydrogen) atoms. The van der Waals surface area contributed by atoms with Gasteiger partial charge in [-0.15, -0.1) is 72.0 Å². The number of fused-ring (bicyclic) bond motifs is 22. The van der Waals surface area contributed by atoms with Crippen LogP contribution in [0.25, 0.3) is 155 Å². The van der Waals surface area contributed by atoms with Crippen LogP contribution in [0, 0.1) is 37.6 Å². The van der Waals surface area contributed by atoms with Crippen LogP contribution in [-0.4, -0.2) is 61.8 Å². The fraction of sp³-hybridized carbons (Fsp3) is 0.0250. The number of aromatic nitrogens is 8. The molecular formula is C80H46N12O6Pt2-6. The average Bonchev–Trinajstić information content (AvgIpc) is 1.58. The Hall–Kier alpha value is -12.1. The van der Waals surface area contributed by atoms with Crippen molar-refractivity contribution >= 4 is 155 Å². The Kier molecular flexibility index (Phi) is 13.5. The van der Waals surface area contributed by atoms with Crippen LogP contribution in [0.1, 0.15) is 0 Å². The van der Waals surface area contributed by atoms with Crippen molar-refractivity contribution in [2.75, 3.05) is 23.9 Å². The predicted molar refractivity (Wildman–Crippen MR) is 380 cm³/mol. The summed E-state index contributed by atoms with van der Waals surface area (Å²) in [5.41, 5.74) is 14.7. The molecule has 12 heterocycles. The third-order valence-electron chi connectivity index (χ3n) is 18.4. The van der Waals surface area contributed by atoms with Gasteiger partial charge in [0.1, 0.15) is 45.1 Å². The zero-order valence-corrected chi connectivity index (χ0v) is 57.1. The van der Waals surface area contributed by atoms with E-state index in [9.17, 15) is 0 Å². The van der Waals surface area contributed by atoms with Crippen LogP contribution in [0.5, 0.6) is 23.0 Å². The van der Waals surface area contributed by atoms with Gasteiger partial charge in [0.25, 0.3) is 0 Å². The molecular weight excluding hydrogens is 1620 g/mol. The molecule has 0 amide bonds. The minimum absolute atomic E-state index is 0. The Morgan fingerprint density at radius 2 is 0.800 bits per heavy atom. The van der Waals surface area contributed by atoms with Crippen LogP contribution in [-0.2, 0) is 42.1 Å². The van der Waals surface area contributed by atoms with Gasteiger partial charge >= 0.3 is 0 Å². The van der Waals surface area contributed by atoms with Crippen molar-refractivity contribution in [1.29, 1.82) is 0 Å². The Balaban J connectivity index is 0.000000137. The molecule has 10 aromatic heterocycles. The molecule has 0 saturated heterocycles. The number of anilines is 2. The second kappa shape index (κ2) is 22.7. The van der Waals surface area contributed by atoms with Gasteiger partial charge < -0.3 is 55.5 Å². The summed E-state index contributed by atoms with van der Waals surface area (Å²) in [5, 5.41) is 7.81. The van der Waals surface area contributed by atoms with Crippen LogP contribution in [0.4, 0.5) is 11.4 Å². The van der Waals surface area contributed by atoms with Gasteiger partial charge in [-0.25, -0.2) is 19.9 Å². The summed E-state index contributed by atoms with van der Waals surface area (Å²) in [6.07, 6.45) is 11.5. The molecule has 0 N–H and O–H groups in total. The quantitative estimate of drug-likeness (QED) is 0.133. The largest absolute Gasteiger partial charge is 0.512 e. The summed E-state index contributed by atoms with van der Waals surface area (Å²) >= 11 is 0. The van der Waals surface area contributed by atoms with Crippen LogP contribution < -0.4 is 19.3 Å². The molecule has 20 heteroatoms. The molecule has 2 aliphatic heterocycles. The van der Waals surface area contributed by atoms with Gasteiger partial charge in [-0.05, 0) is 140 Å². The van der Waals surface area contributed by atoms with E-state index in [0.717, 1.165) is 150 Å². The zero-order chi connectivity index (χ0) is 64.4. The normalized spacial score (nSPS) is 13.3. The molecule has 0 radical (unpaired) electrons. The van der Waals surface area contributed by atoms with E-state index in [4.69, 9.17) is 37.1 Å². The first-order valence-corrected chi connectivity index (χ1v) is 31.7. The molecule has 0 fully saturated rings. The summed E-state index contributed by atoms with van der Waals surface area (Å²) in [5.74, 6) is 4.85. The maximum Gasteiger partial charge on any atom is 0.208 e. The summed E-state index contributed by atoms with van der Waals surface area (Å²) in [7, 11) is 3.97. The van der Waals surface area contributed by atoms with E-state index >= 15 is 0 Å². The van der Waals surface area contributed by atoms with Crippen LogP contribution in [0.3, 0.4) is 0 Å². The van der Waals surface area contributed by atoms with Crippen molar-refractivity contribution in [1.82, 2.24) is 47.7 Å². The van der Waals surface area contributed by atoms with E-state index in [1.807, 2.05) is 227 Å². The monoisotopic (exact) mass is 1660 g/mol. The summed E-state index contributed by atoms with van der Waals surface area (Å²) in [6.45, 7) is 3.97. The van der Waals surface area contributed by atoms with E-state index in [2.05, 4.69) is 91.6 Å². The maximum atomic E-state index is 6.69. The number of ether oxygens (including phenoxy) is 2. The van der Waals surface area contributed by atoms with Crippen LogP contribution >= 0.6 is 0 Å². The molecule has 488 valence electrons. The van der Waals surface area contributed by atoms with E-state index in [0.29, 0.717) is 39.7 Å². The minimum Gasteiger partial charge on any atom is -0.512 e. The average molecular weight is 1660 g/mol. The van der Waals surface area contributed by atoms with Gasteiger partial charge in [0, 0.05) is 104 Å². The number of imidazole rings is 4. The number of benzene rings is 10. The van der Waals surface area contributed by atoms with Gasteiger partial charge in [0.2, 0.25) is 11.6 Å². The van der Waals surface area contributed by atoms with Crippen molar-refractivity contribution in [3.63, 3.8) is 0 Å². The first kappa shape index (κ1) is 59.2. The van der Waals surface area contributed by atoms with Crippen LogP contribution in [0.2, 0.25) is 0 Å². The molecule has 0 unspecified atom stereocenters. The molecule has 2 aliphatic rings. The predicted octanol–water partition coefficient (Wildman–Crippen LogP) is 18.7. The fourth-order valence-electron chi connectivity index (χ4n) is 14.0. The molecule has 22 rings (SSSR count). The third-order valence-corrected chi connectivity index (χ3v) is 18.4. The first-order valence-electron chi connectivity index (χ1n) is 31.7. The Labute approximate surface area is 595 Å². The van der Waals surface area contributed by atoms with Crippen molar-refractivity contribution in [2.45, 2.75) is 0 Å². The van der Waals surface area contributed by atoms with Gasteiger partial charge in [-0.2, -0.15) is 13.3 Å². The fourth-order valence-corrected chi connectivity index (χ4v) is 14.0. The first-order chi connectivity index (χ1) is 48.3. The second-order valence-electron chi connectivity index (χ2n) is 24.4.